The number of hydrogen-bond donors (Lipinski definition) is 1. The number of aryl methyl sites for hydroxylation is 2. The Labute approximate surface area is 171 Å². The molecule has 2 heterocycles. The van der Waals surface area contributed by atoms with Gasteiger partial charge in [-0.15, -0.1) is 0 Å². The van der Waals surface area contributed by atoms with Gasteiger partial charge in [0.15, 0.2) is 5.13 Å². The van der Waals surface area contributed by atoms with Crippen LogP contribution in [0.3, 0.4) is 0 Å². The molecule has 0 aliphatic rings. The van der Waals surface area contributed by atoms with Crippen LogP contribution in [0.15, 0.2) is 65.5 Å². The van der Waals surface area contributed by atoms with Gasteiger partial charge in [0.1, 0.15) is 0 Å². The molecule has 0 fully saturated rings. The number of amides is 1. The maximum atomic E-state index is 12.3. The van der Waals surface area contributed by atoms with Gasteiger partial charge in [0.2, 0.25) is 5.91 Å². The molecule has 0 saturated heterocycles. The van der Waals surface area contributed by atoms with Crippen LogP contribution in [-0.4, -0.2) is 20.7 Å². The van der Waals surface area contributed by atoms with E-state index in [9.17, 15) is 9.59 Å². The van der Waals surface area contributed by atoms with Crippen molar-refractivity contribution in [2.45, 2.75) is 26.3 Å². The van der Waals surface area contributed by atoms with E-state index in [1.165, 1.54) is 22.1 Å². The summed E-state index contributed by atoms with van der Waals surface area (Å²) in [6.07, 6.45) is 0.805. The lowest BCUT2D eigenvalue weighted by Gasteiger charge is -2.07. The van der Waals surface area contributed by atoms with Gasteiger partial charge in [-0.1, -0.05) is 47.7 Å². The molecule has 1 amide bonds. The van der Waals surface area contributed by atoms with E-state index in [4.69, 9.17) is 0 Å². The zero-order chi connectivity index (χ0) is 20.2. The molecule has 2 aromatic heterocycles. The van der Waals surface area contributed by atoms with E-state index in [2.05, 4.69) is 21.5 Å². The van der Waals surface area contributed by atoms with E-state index >= 15 is 0 Å². The van der Waals surface area contributed by atoms with Gasteiger partial charge < -0.3 is 5.32 Å². The van der Waals surface area contributed by atoms with Gasteiger partial charge in [0.25, 0.3) is 5.56 Å². The minimum atomic E-state index is -0.174. The number of benzene rings is 2. The van der Waals surface area contributed by atoms with Crippen LogP contribution < -0.4 is 10.9 Å². The van der Waals surface area contributed by atoms with Crippen molar-refractivity contribution in [2.24, 2.45) is 0 Å². The van der Waals surface area contributed by atoms with Crippen molar-refractivity contribution in [3.63, 3.8) is 0 Å². The number of aromatic nitrogens is 3. The van der Waals surface area contributed by atoms with Crippen molar-refractivity contribution in [3.05, 3.63) is 76.6 Å². The molecule has 2 aromatic carbocycles. The average molecular weight is 404 g/mol. The van der Waals surface area contributed by atoms with E-state index in [1.54, 1.807) is 6.07 Å². The second-order valence-corrected chi connectivity index (χ2v) is 7.82. The Hall–Kier alpha value is -3.32. The Morgan fingerprint density at radius 2 is 1.93 bits per heavy atom. The summed E-state index contributed by atoms with van der Waals surface area (Å²) in [6.45, 7) is 2.41. The first-order chi connectivity index (χ1) is 14.1. The van der Waals surface area contributed by atoms with Crippen molar-refractivity contribution in [3.8, 4) is 11.3 Å². The maximum Gasteiger partial charge on any atom is 0.266 e. The quantitative estimate of drug-likeness (QED) is 0.521. The number of anilines is 1. The fourth-order valence-corrected chi connectivity index (χ4v) is 4.01. The third-order valence-corrected chi connectivity index (χ3v) is 5.43. The SMILES string of the molecule is Cc1ccc2nc(NC(=O)CCCn3nc(-c4ccccc4)ccc3=O)sc2c1. The van der Waals surface area contributed by atoms with Crippen LogP contribution in [0.4, 0.5) is 5.13 Å². The van der Waals surface area contributed by atoms with Gasteiger partial charge in [0, 0.05) is 24.6 Å². The summed E-state index contributed by atoms with van der Waals surface area (Å²) >= 11 is 1.46. The molecule has 0 aliphatic heterocycles. The Balaban J connectivity index is 1.37. The number of rotatable bonds is 6. The van der Waals surface area contributed by atoms with Crippen molar-refractivity contribution < 1.29 is 4.79 Å². The minimum absolute atomic E-state index is 0.118. The molecule has 29 heavy (non-hydrogen) atoms. The average Bonchev–Trinajstić information content (AvgIpc) is 3.11. The first-order valence-electron chi connectivity index (χ1n) is 9.39. The molecule has 0 aliphatic carbocycles. The van der Waals surface area contributed by atoms with Crippen LogP contribution in [0.25, 0.3) is 21.5 Å². The van der Waals surface area contributed by atoms with E-state index in [1.807, 2.05) is 49.4 Å². The topological polar surface area (TPSA) is 76.9 Å². The number of nitrogens with zero attached hydrogens (tertiary/aromatic N) is 3. The highest BCUT2D eigenvalue weighted by atomic mass is 32.1. The molecule has 0 saturated carbocycles. The van der Waals surface area contributed by atoms with Crippen molar-refractivity contribution >= 4 is 32.6 Å². The monoisotopic (exact) mass is 404 g/mol. The number of thiazole rings is 1. The third-order valence-electron chi connectivity index (χ3n) is 4.50. The molecular weight excluding hydrogens is 384 g/mol. The predicted octanol–water partition coefficient (Wildman–Crippen LogP) is 4.25. The zero-order valence-electron chi connectivity index (χ0n) is 16.0. The van der Waals surface area contributed by atoms with Gasteiger partial charge in [-0.3, -0.25) is 9.59 Å². The number of hydrogen-bond acceptors (Lipinski definition) is 5. The lowest BCUT2D eigenvalue weighted by atomic mass is 10.1. The summed E-state index contributed by atoms with van der Waals surface area (Å²) in [7, 11) is 0. The molecule has 0 spiro atoms. The van der Waals surface area contributed by atoms with Crippen molar-refractivity contribution in [2.75, 3.05) is 5.32 Å². The molecule has 6 nitrogen and oxygen atoms in total. The van der Waals surface area contributed by atoms with Gasteiger partial charge >= 0.3 is 0 Å². The number of carbonyl (C=O) groups excluding carboxylic acids is 1. The molecule has 4 rings (SSSR count). The summed E-state index contributed by atoms with van der Waals surface area (Å²) in [5.74, 6) is -0.118. The Kier molecular flexibility index (Phi) is 5.48. The highest BCUT2D eigenvalue weighted by Gasteiger charge is 2.09. The highest BCUT2D eigenvalue weighted by Crippen LogP contribution is 2.26. The third kappa shape index (κ3) is 4.57. The second-order valence-electron chi connectivity index (χ2n) is 6.79. The summed E-state index contributed by atoms with van der Waals surface area (Å²) in [5.41, 5.74) is 3.55. The molecule has 1 N–H and O–H groups in total. The summed E-state index contributed by atoms with van der Waals surface area (Å²) in [4.78, 5) is 28.8. The maximum absolute atomic E-state index is 12.3. The normalized spacial score (nSPS) is 10.9. The molecule has 146 valence electrons. The number of nitrogens with one attached hydrogen (secondary N) is 1. The van der Waals surface area contributed by atoms with E-state index in [0.29, 0.717) is 24.5 Å². The Morgan fingerprint density at radius 3 is 2.76 bits per heavy atom. The molecule has 0 bridgehead atoms. The van der Waals surface area contributed by atoms with Crippen molar-refractivity contribution in [1.29, 1.82) is 0 Å². The van der Waals surface area contributed by atoms with E-state index in [-0.39, 0.29) is 11.5 Å². The van der Waals surface area contributed by atoms with E-state index in [0.717, 1.165) is 27.0 Å². The first-order valence-corrected chi connectivity index (χ1v) is 10.2. The zero-order valence-corrected chi connectivity index (χ0v) is 16.8. The molecular formula is C22H20N4O2S. The van der Waals surface area contributed by atoms with Gasteiger partial charge in [-0.25, -0.2) is 9.67 Å². The van der Waals surface area contributed by atoms with Gasteiger partial charge in [-0.05, 0) is 37.1 Å². The Morgan fingerprint density at radius 1 is 1.10 bits per heavy atom. The van der Waals surface area contributed by atoms with Crippen LogP contribution in [0.1, 0.15) is 18.4 Å². The van der Waals surface area contributed by atoms with Crippen LogP contribution in [0, 0.1) is 6.92 Å². The smallest absolute Gasteiger partial charge is 0.266 e. The van der Waals surface area contributed by atoms with Gasteiger partial charge in [0.05, 0.1) is 15.9 Å². The first kappa shape index (κ1) is 19.0. The lowest BCUT2D eigenvalue weighted by molar-refractivity contribution is -0.116. The molecule has 0 unspecified atom stereocenters. The van der Waals surface area contributed by atoms with Crippen molar-refractivity contribution in [1.82, 2.24) is 14.8 Å². The largest absolute Gasteiger partial charge is 0.302 e. The summed E-state index contributed by atoms with van der Waals surface area (Å²) < 4.78 is 2.46. The molecule has 4 aromatic rings. The van der Waals surface area contributed by atoms with E-state index < -0.39 is 0 Å². The molecule has 7 heteroatoms. The standard InChI is InChI=1S/C22H20N4O2S/c1-15-9-10-18-19(14-15)29-22(23-18)24-20(27)8-5-13-26-21(28)12-11-17(25-26)16-6-3-2-4-7-16/h2-4,6-7,9-12,14H,5,8,13H2,1H3,(H,23,24,27). The molecule has 0 radical (unpaired) electrons. The van der Waals surface area contributed by atoms with Crippen LogP contribution in [-0.2, 0) is 11.3 Å². The fourth-order valence-electron chi connectivity index (χ4n) is 3.03. The summed E-state index contributed by atoms with van der Waals surface area (Å²) in [5, 5.41) is 7.87. The van der Waals surface area contributed by atoms with Crippen LogP contribution in [0.2, 0.25) is 0 Å². The van der Waals surface area contributed by atoms with Crippen LogP contribution in [0.5, 0.6) is 0 Å². The van der Waals surface area contributed by atoms with Crippen LogP contribution >= 0.6 is 11.3 Å². The van der Waals surface area contributed by atoms with Gasteiger partial charge in [-0.2, -0.15) is 5.10 Å². The second kappa shape index (κ2) is 8.36. The fraction of sp³-hybridized carbons (Fsp3) is 0.182. The summed E-state index contributed by atoms with van der Waals surface area (Å²) in [6, 6.07) is 18.9. The number of carbonyl (C=O) groups is 1. The predicted molar refractivity (Wildman–Crippen MR) is 116 cm³/mol. The number of fused-ring (bicyclic) bond motifs is 1. The lowest BCUT2D eigenvalue weighted by Crippen LogP contribution is -2.23. The molecule has 0 atom stereocenters. The highest BCUT2D eigenvalue weighted by molar-refractivity contribution is 7.22. The Bertz CT molecular complexity index is 1210. The minimum Gasteiger partial charge on any atom is -0.302 e.